The number of pyridine rings is 2. The molecule has 1 aromatic carbocycles. The number of halogens is 3. The second kappa shape index (κ2) is 17.0. The molecule has 0 unspecified atom stereocenters. The van der Waals surface area contributed by atoms with Gasteiger partial charge in [-0.3, -0.25) is 19.5 Å². The lowest BCUT2D eigenvalue weighted by Gasteiger charge is -2.40. The number of aromatic nitrogens is 2. The molecular weight excluding hydrogens is 753 g/mol. The lowest BCUT2D eigenvalue weighted by atomic mass is 9.80. The van der Waals surface area contributed by atoms with Gasteiger partial charge in [0, 0.05) is 69.8 Å². The van der Waals surface area contributed by atoms with Crippen molar-refractivity contribution in [2.75, 3.05) is 44.8 Å². The number of hydrogen-bond acceptors (Lipinski definition) is 9. The van der Waals surface area contributed by atoms with Gasteiger partial charge in [0.15, 0.2) is 5.75 Å². The number of nitrogens with zero attached hydrogens (tertiary/aromatic N) is 5. The predicted molar refractivity (Wildman–Crippen MR) is 209 cm³/mol. The normalized spacial score (nSPS) is 20.2. The van der Waals surface area contributed by atoms with Gasteiger partial charge < -0.3 is 24.0 Å². The number of likely N-dealkylation sites (tertiary alicyclic amines) is 1. The van der Waals surface area contributed by atoms with Crippen LogP contribution in [0.2, 0.25) is 15.1 Å². The maximum Gasteiger partial charge on any atom is 0.410 e. The molecule has 2 aromatic heterocycles. The molecule has 0 spiro atoms. The summed E-state index contributed by atoms with van der Waals surface area (Å²) in [5.41, 5.74) is 2.04. The SMILES string of the molecule is COCCCc1cc(C(=O)N(C(=O)[C@H]2CN(C(=O)OC(C)(C)C)CC[C@@H]2c2ccc(N3CC[C@H](Oc4c(Cl)cc(C)cc4Cl)C3)nc2)C2CC2)c(Cl)cn1. The van der Waals surface area contributed by atoms with Crippen LogP contribution in [0.25, 0.3) is 0 Å². The molecule has 3 aliphatic rings. The Morgan fingerprint density at radius 2 is 1.67 bits per heavy atom. The summed E-state index contributed by atoms with van der Waals surface area (Å²) in [5.74, 6) is -0.554. The van der Waals surface area contributed by atoms with Crippen LogP contribution < -0.4 is 9.64 Å². The molecule has 3 aromatic rings. The number of hydrogen-bond donors (Lipinski definition) is 0. The lowest BCUT2D eigenvalue weighted by molar-refractivity contribution is -0.135. The summed E-state index contributed by atoms with van der Waals surface area (Å²) in [5, 5.41) is 1.15. The fourth-order valence-electron chi connectivity index (χ4n) is 7.16. The molecular formula is C40H48Cl3N5O6. The summed E-state index contributed by atoms with van der Waals surface area (Å²) in [6.45, 7) is 9.73. The van der Waals surface area contributed by atoms with Gasteiger partial charge in [-0.15, -0.1) is 0 Å². The predicted octanol–water partition coefficient (Wildman–Crippen LogP) is 8.15. The van der Waals surface area contributed by atoms with Crippen LogP contribution in [-0.2, 0) is 20.7 Å². The van der Waals surface area contributed by atoms with Crippen molar-refractivity contribution in [3.05, 3.63) is 80.2 Å². The molecule has 0 radical (unpaired) electrons. The minimum Gasteiger partial charge on any atom is -0.485 e. The van der Waals surface area contributed by atoms with Gasteiger partial charge in [0.2, 0.25) is 5.91 Å². The van der Waals surface area contributed by atoms with Crippen molar-refractivity contribution >= 4 is 58.5 Å². The molecule has 0 N–H and O–H groups in total. The molecule has 290 valence electrons. The van der Waals surface area contributed by atoms with E-state index in [1.54, 1.807) is 24.3 Å². The van der Waals surface area contributed by atoms with Crippen LogP contribution in [-0.4, -0.2) is 95.3 Å². The van der Waals surface area contributed by atoms with Crippen LogP contribution in [0.15, 0.2) is 42.7 Å². The van der Waals surface area contributed by atoms with Gasteiger partial charge in [0.05, 0.1) is 33.1 Å². The quantitative estimate of drug-likeness (QED) is 0.140. The molecule has 6 rings (SSSR count). The second-order valence-electron chi connectivity index (χ2n) is 15.4. The molecule has 3 fully saturated rings. The first-order valence-electron chi connectivity index (χ1n) is 18.5. The number of benzene rings is 1. The minimum atomic E-state index is -0.723. The molecule has 54 heavy (non-hydrogen) atoms. The highest BCUT2D eigenvalue weighted by Gasteiger charge is 2.46. The number of carbonyl (C=O) groups excluding carboxylic acids is 3. The number of amides is 3. The Hall–Kier alpha value is -3.64. The molecule has 1 saturated carbocycles. The Bertz CT molecular complexity index is 1830. The Labute approximate surface area is 332 Å². The van der Waals surface area contributed by atoms with E-state index in [9.17, 15) is 14.4 Å². The zero-order valence-corrected chi connectivity index (χ0v) is 33.7. The summed E-state index contributed by atoms with van der Waals surface area (Å²) >= 11 is 19.4. The zero-order valence-electron chi connectivity index (χ0n) is 31.4. The first-order valence-corrected chi connectivity index (χ1v) is 19.7. The Morgan fingerprint density at radius 1 is 0.926 bits per heavy atom. The van der Waals surface area contributed by atoms with E-state index in [-0.39, 0.29) is 41.1 Å². The second-order valence-corrected chi connectivity index (χ2v) is 16.6. The fourth-order valence-corrected chi connectivity index (χ4v) is 8.03. The van der Waals surface area contributed by atoms with Crippen LogP contribution in [0.3, 0.4) is 0 Å². The largest absolute Gasteiger partial charge is 0.485 e. The van der Waals surface area contributed by atoms with E-state index >= 15 is 0 Å². The maximum absolute atomic E-state index is 14.8. The zero-order chi connectivity index (χ0) is 38.7. The molecule has 14 heteroatoms. The van der Waals surface area contributed by atoms with Crippen LogP contribution >= 0.6 is 34.8 Å². The first-order chi connectivity index (χ1) is 25.7. The summed E-state index contributed by atoms with van der Waals surface area (Å²) in [4.78, 5) is 56.7. The van der Waals surface area contributed by atoms with Gasteiger partial charge in [0.1, 0.15) is 17.5 Å². The fraction of sp³-hybridized carbons (Fsp3) is 0.525. The lowest BCUT2D eigenvalue weighted by Crippen LogP contribution is -2.52. The number of piperidine rings is 1. The van der Waals surface area contributed by atoms with Gasteiger partial charge in [-0.25, -0.2) is 9.78 Å². The molecule has 3 atom stereocenters. The third-order valence-electron chi connectivity index (χ3n) is 9.97. The monoisotopic (exact) mass is 799 g/mol. The topological polar surface area (TPSA) is 114 Å². The summed E-state index contributed by atoms with van der Waals surface area (Å²) in [6, 6.07) is 9.04. The molecule has 3 amide bonds. The standard InChI is InChI=1S/C40H48Cl3N5O6/c1-24-17-32(41)36(33(42)18-24)53-28-12-14-46(22-28)35-11-8-25(20-45-35)29-13-15-47(39(51)54-40(2,3)4)23-31(29)38(50)48(27-9-10-27)37(49)30-19-26(7-6-16-52-5)44-21-34(30)43/h8,11,17-21,27-29,31H,6-7,9-10,12-16,22-23H2,1-5H3/t28-,29+,31-/m0/s1. The van der Waals surface area contributed by atoms with Crippen LogP contribution in [0, 0.1) is 12.8 Å². The smallest absolute Gasteiger partial charge is 0.410 e. The summed E-state index contributed by atoms with van der Waals surface area (Å²) < 4.78 is 17.1. The van der Waals surface area contributed by atoms with Crippen molar-refractivity contribution in [3.63, 3.8) is 0 Å². The number of imide groups is 1. The van der Waals surface area contributed by atoms with Gasteiger partial charge in [-0.05, 0) is 95.2 Å². The van der Waals surface area contributed by atoms with Gasteiger partial charge in [-0.1, -0.05) is 40.9 Å². The Balaban J connectivity index is 1.22. The van der Waals surface area contributed by atoms with Crippen molar-refractivity contribution < 1.29 is 28.6 Å². The van der Waals surface area contributed by atoms with E-state index in [2.05, 4.69) is 9.88 Å². The maximum atomic E-state index is 14.8. The van der Waals surface area contributed by atoms with E-state index in [0.29, 0.717) is 66.9 Å². The van der Waals surface area contributed by atoms with Gasteiger partial charge >= 0.3 is 6.09 Å². The highest BCUT2D eigenvalue weighted by molar-refractivity contribution is 6.37. The highest BCUT2D eigenvalue weighted by atomic mass is 35.5. The summed E-state index contributed by atoms with van der Waals surface area (Å²) in [6.07, 6.45) is 6.64. The number of rotatable bonds is 11. The van der Waals surface area contributed by atoms with Crippen molar-refractivity contribution in [1.29, 1.82) is 0 Å². The number of methoxy groups -OCH3 is 1. The molecule has 0 bridgehead atoms. The Kier molecular flexibility index (Phi) is 12.6. The minimum absolute atomic E-state index is 0.0955. The van der Waals surface area contributed by atoms with Gasteiger partial charge in [0.25, 0.3) is 5.91 Å². The van der Waals surface area contributed by atoms with Crippen molar-refractivity contribution in [2.45, 2.75) is 89.9 Å². The first kappa shape index (κ1) is 40.0. The third-order valence-corrected chi connectivity index (χ3v) is 10.8. The molecule has 1 aliphatic carbocycles. The number of ether oxygens (including phenoxy) is 3. The van der Waals surface area contributed by atoms with E-state index in [4.69, 9.17) is 54.0 Å². The molecule has 2 aliphatic heterocycles. The summed E-state index contributed by atoms with van der Waals surface area (Å²) in [7, 11) is 1.63. The molecule has 11 nitrogen and oxygen atoms in total. The van der Waals surface area contributed by atoms with Crippen molar-refractivity contribution in [2.24, 2.45) is 5.92 Å². The highest BCUT2D eigenvalue weighted by Crippen LogP contribution is 2.40. The average molecular weight is 801 g/mol. The van der Waals surface area contributed by atoms with Gasteiger partial charge in [-0.2, -0.15) is 0 Å². The number of aryl methyl sites for hydroxylation is 2. The van der Waals surface area contributed by atoms with E-state index in [1.165, 1.54) is 11.1 Å². The molecule has 4 heterocycles. The third kappa shape index (κ3) is 9.59. The van der Waals surface area contributed by atoms with Crippen LogP contribution in [0.4, 0.5) is 10.6 Å². The van der Waals surface area contributed by atoms with E-state index < -0.39 is 23.5 Å². The van der Waals surface area contributed by atoms with E-state index in [0.717, 1.165) is 36.3 Å². The van der Waals surface area contributed by atoms with E-state index in [1.807, 2.05) is 52.0 Å². The Morgan fingerprint density at radius 3 is 2.31 bits per heavy atom. The van der Waals surface area contributed by atoms with Crippen molar-refractivity contribution in [3.8, 4) is 5.75 Å². The number of carbonyl (C=O) groups is 3. The number of anilines is 1. The van der Waals surface area contributed by atoms with Crippen LogP contribution in [0.1, 0.15) is 86.0 Å². The van der Waals surface area contributed by atoms with Crippen LogP contribution in [0.5, 0.6) is 5.75 Å². The molecule has 2 saturated heterocycles. The average Bonchev–Trinajstić information content (AvgIpc) is 3.85. The van der Waals surface area contributed by atoms with Crippen molar-refractivity contribution in [1.82, 2.24) is 19.8 Å².